The Balaban J connectivity index is 1.86. The van der Waals surface area contributed by atoms with Gasteiger partial charge < -0.3 is 14.7 Å². The van der Waals surface area contributed by atoms with E-state index in [4.69, 9.17) is 4.52 Å². The molecule has 8 heteroatoms. The van der Waals surface area contributed by atoms with Crippen LogP contribution in [0.1, 0.15) is 16.1 Å². The second-order valence-corrected chi connectivity index (χ2v) is 7.49. The Morgan fingerprint density at radius 2 is 2.00 bits per heavy atom. The highest BCUT2D eigenvalue weighted by atomic mass is 16.5. The van der Waals surface area contributed by atoms with Crippen LogP contribution in [0.5, 0.6) is 0 Å². The van der Waals surface area contributed by atoms with Crippen LogP contribution in [0.15, 0.2) is 47.1 Å². The summed E-state index contributed by atoms with van der Waals surface area (Å²) in [6.07, 6.45) is 1.88. The summed E-state index contributed by atoms with van der Waals surface area (Å²) in [7, 11) is 5.78. The number of hydrogen-bond acceptors (Lipinski definition) is 6. The number of carbonyl (C=O) groups excluding carboxylic acids is 1. The molecule has 30 heavy (non-hydrogen) atoms. The highest BCUT2D eigenvalue weighted by molar-refractivity contribution is 6.10. The van der Waals surface area contributed by atoms with Crippen molar-refractivity contribution in [1.82, 2.24) is 30.1 Å². The number of rotatable bonds is 6. The van der Waals surface area contributed by atoms with Crippen molar-refractivity contribution in [3.63, 3.8) is 0 Å². The molecule has 0 radical (unpaired) electrons. The number of hydrogen-bond donors (Lipinski definition) is 1. The van der Waals surface area contributed by atoms with Crippen molar-refractivity contribution in [1.29, 1.82) is 0 Å². The molecule has 0 bridgehead atoms. The van der Waals surface area contributed by atoms with E-state index in [9.17, 15) is 4.79 Å². The Kier molecular flexibility index (Phi) is 5.33. The van der Waals surface area contributed by atoms with Gasteiger partial charge in [0.15, 0.2) is 0 Å². The number of pyridine rings is 1. The number of nitrogens with zero attached hydrogens (tertiary/aromatic N) is 5. The maximum absolute atomic E-state index is 13.1. The normalized spacial score (nSPS) is 11.4. The third-order valence-electron chi connectivity index (χ3n) is 4.87. The molecule has 1 N–H and O–H groups in total. The largest absolute Gasteiger partial charge is 0.351 e. The lowest BCUT2D eigenvalue weighted by Gasteiger charge is -2.11. The number of nitrogens with one attached hydrogen (secondary N) is 1. The van der Waals surface area contributed by atoms with Gasteiger partial charge in [0.05, 0.1) is 22.3 Å². The number of amides is 1. The van der Waals surface area contributed by atoms with E-state index in [1.807, 2.05) is 69.5 Å². The predicted octanol–water partition coefficient (Wildman–Crippen LogP) is 2.89. The molecule has 8 nitrogen and oxygen atoms in total. The van der Waals surface area contributed by atoms with Gasteiger partial charge in [-0.3, -0.25) is 9.48 Å². The number of fused-ring (bicyclic) bond motifs is 1. The van der Waals surface area contributed by atoms with Crippen LogP contribution in [0.25, 0.3) is 33.6 Å². The van der Waals surface area contributed by atoms with E-state index in [-0.39, 0.29) is 5.91 Å². The third-order valence-corrected chi connectivity index (χ3v) is 4.87. The first kappa shape index (κ1) is 19.8. The minimum atomic E-state index is -0.188. The molecule has 0 aliphatic rings. The summed E-state index contributed by atoms with van der Waals surface area (Å²) in [5.74, 6) is -0.188. The van der Waals surface area contributed by atoms with Crippen molar-refractivity contribution in [2.24, 2.45) is 7.05 Å². The molecule has 4 aromatic rings. The minimum Gasteiger partial charge on any atom is -0.351 e. The second kappa shape index (κ2) is 8.08. The summed E-state index contributed by atoms with van der Waals surface area (Å²) in [5.41, 5.74) is 4.58. The van der Waals surface area contributed by atoms with E-state index in [0.717, 1.165) is 23.4 Å². The summed E-state index contributed by atoms with van der Waals surface area (Å²) in [4.78, 5) is 19.8. The van der Waals surface area contributed by atoms with Gasteiger partial charge in [-0.15, -0.1) is 0 Å². The van der Waals surface area contributed by atoms with Gasteiger partial charge in [0.2, 0.25) is 0 Å². The van der Waals surface area contributed by atoms with Crippen LogP contribution >= 0.6 is 0 Å². The molecule has 154 valence electrons. The summed E-state index contributed by atoms with van der Waals surface area (Å²) < 4.78 is 7.29. The van der Waals surface area contributed by atoms with Crippen molar-refractivity contribution in [3.05, 3.63) is 53.9 Å². The molecule has 3 aromatic heterocycles. The van der Waals surface area contributed by atoms with Crippen LogP contribution in [0, 0.1) is 6.92 Å². The van der Waals surface area contributed by atoms with E-state index in [0.29, 0.717) is 34.6 Å². The van der Waals surface area contributed by atoms with Crippen LogP contribution in [-0.4, -0.2) is 57.9 Å². The molecular formula is C22H24N6O2. The molecule has 1 aromatic carbocycles. The van der Waals surface area contributed by atoms with Crippen LogP contribution in [0.2, 0.25) is 0 Å². The molecule has 3 heterocycles. The van der Waals surface area contributed by atoms with E-state index in [2.05, 4.69) is 20.6 Å². The fraction of sp³-hybridized carbons (Fsp3) is 0.273. The molecule has 1 amide bonds. The van der Waals surface area contributed by atoms with E-state index in [1.165, 1.54) is 0 Å². The summed E-state index contributed by atoms with van der Waals surface area (Å²) >= 11 is 0. The molecule has 4 rings (SSSR count). The Hall–Kier alpha value is -3.52. The second-order valence-electron chi connectivity index (χ2n) is 7.49. The summed E-state index contributed by atoms with van der Waals surface area (Å²) in [6, 6.07) is 11.4. The van der Waals surface area contributed by atoms with Crippen LogP contribution in [0.4, 0.5) is 0 Å². The number of likely N-dealkylation sites (N-methyl/N-ethyl adjacent to an activating group) is 1. The van der Waals surface area contributed by atoms with Crippen molar-refractivity contribution >= 4 is 17.0 Å². The number of carbonyl (C=O) groups is 1. The van der Waals surface area contributed by atoms with Crippen LogP contribution in [0.3, 0.4) is 0 Å². The lowest BCUT2D eigenvalue weighted by atomic mass is 10.0. The van der Waals surface area contributed by atoms with Gasteiger partial charge in [0.1, 0.15) is 5.69 Å². The van der Waals surface area contributed by atoms with E-state index >= 15 is 0 Å². The molecule has 0 spiro atoms. The smallest absolute Gasteiger partial charge is 0.259 e. The van der Waals surface area contributed by atoms with Crippen molar-refractivity contribution in [2.75, 3.05) is 27.2 Å². The predicted molar refractivity (Wildman–Crippen MR) is 115 cm³/mol. The summed E-state index contributed by atoms with van der Waals surface area (Å²) in [5, 5.41) is 12.2. The SMILES string of the molecule is Cc1nn(C)cc1-c1cc(C(=O)NCCN(C)C)c2c(-c3ccccc3)noc2n1. The third kappa shape index (κ3) is 3.81. The molecule has 0 atom stereocenters. The molecule has 0 saturated heterocycles. The summed E-state index contributed by atoms with van der Waals surface area (Å²) in [6.45, 7) is 3.18. The number of aromatic nitrogens is 4. The quantitative estimate of drug-likeness (QED) is 0.532. The van der Waals surface area contributed by atoms with Crippen molar-refractivity contribution < 1.29 is 9.32 Å². The Morgan fingerprint density at radius 1 is 1.23 bits per heavy atom. The fourth-order valence-electron chi connectivity index (χ4n) is 3.40. The number of benzene rings is 1. The Morgan fingerprint density at radius 3 is 2.67 bits per heavy atom. The molecule has 0 aliphatic heterocycles. The van der Waals surface area contributed by atoms with Crippen LogP contribution < -0.4 is 5.32 Å². The molecular weight excluding hydrogens is 380 g/mol. The van der Waals surface area contributed by atoms with Gasteiger partial charge in [0, 0.05) is 37.5 Å². The van der Waals surface area contributed by atoms with Gasteiger partial charge in [-0.2, -0.15) is 5.10 Å². The molecule has 0 saturated carbocycles. The topological polar surface area (TPSA) is 89.1 Å². The first-order valence-corrected chi connectivity index (χ1v) is 9.73. The first-order chi connectivity index (χ1) is 14.4. The zero-order chi connectivity index (χ0) is 21.3. The zero-order valence-electron chi connectivity index (χ0n) is 17.5. The van der Waals surface area contributed by atoms with Crippen molar-refractivity contribution in [2.45, 2.75) is 6.92 Å². The van der Waals surface area contributed by atoms with Crippen LogP contribution in [-0.2, 0) is 7.05 Å². The van der Waals surface area contributed by atoms with Gasteiger partial charge >= 0.3 is 0 Å². The maximum atomic E-state index is 13.1. The minimum absolute atomic E-state index is 0.188. The van der Waals surface area contributed by atoms with E-state index in [1.54, 1.807) is 10.7 Å². The first-order valence-electron chi connectivity index (χ1n) is 9.73. The average molecular weight is 404 g/mol. The highest BCUT2D eigenvalue weighted by Crippen LogP contribution is 2.33. The van der Waals surface area contributed by atoms with Crippen molar-refractivity contribution in [3.8, 4) is 22.5 Å². The molecule has 0 aliphatic carbocycles. The zero-order valence-corrected chi connectivity index (χ0v) is 17.5. The molecule has 0 unspecified atom stereocenters. The Bertz CT molecular complexity index is 1190. The van der Waals surface area contributed by atoms with E-state index < -0.39 is 0 Å². The van der Waals surface area contributed by atoms with Gasteiger partial charge in [-0.1, -0.05) is 35.5 Å². The lowest BCUT2D eigenvalue weighted by Crippen LogP contribution is -2.31. The lowest BCUT2D eigenvalue weighted by molar-refractivity contribution is 0.0952. The monoisotopic (exact) mass is 404 g/mol. The fourth-order valence-corrected chi connectivity index (χ4v) is 3.40. The Labute approximate surface area is 174 Å². The maximum Gasteiger partial charge on any atom is 0.259 e. The molecule has 0 fully saturated rings. The average Bonchev–Trinajstić information content (AvgIpc) is 3.30. The van der Waals surface area contributed by atoms with Gasteiger partial charge in [-0.05, 0) is 27.1 Å². The number of aryl methyl sites for hydroxylation is 2. The van der Waals surface area contributed by atoms with Gasteiger partial charge in [-0.25, -0.2) is 4.98 Å². The standard InChI is InChI=1S/C22H24N6O2/c1-14-17(13-28(4)25-14)18-12-16(21(29)23-10-11-27(2)3)19-20(26-30-22(19)24-18)15-8-6-5-7-9-15/h5-9,12-13H,10-11H2,1-4H3,(H,23,29). The highest BCUT2D eigenvalue weighted by Gasteiger charge is 2.23. The van der Waals surface area contributed by atoms with Gasteiger partial charge in [0.25, 0.3) is 11.6 Å².